The monoisotopic (exact) mass is 154 g/mol. The van der Waals surface area contributed by atoms with E-state index in [0.29, 0.717) is 0 Å². The molecular formula is C9H19BO. The van der Waals surface area contributed by atoms with Crippen LogP contribution in [-0.2, 0) is 4.74 Å². The molecule has 0 saturated heterocycles. The summed E-state index contributed by atoms with van der Waals surface area (Å²) in [7, 11) is 2.17. The lowest BCUT2D eigenvalue weighted by molar-refractivity contribution is -0.0498. The van der Waals surface area contributed by atoms with E-state index in [1.165, 1.54) is 32.1 Å². The van der Waals surface area contributed by atoms with Crippen molar-refractivity contribution in [1.82, 2.24) is 0 Å². The Bertz CT molecular complexity index is 108. The van der Waals surface area contributed by atoms with Crippen LogP contribution in [0.25, 0.3) is 0 Å². The van der Waals surface area contributed by atoms with E-state index in [0.717, 1.165) is 12.9 Å². The summed E-state index contributed by atoms with van der Waals surface area (Å²) in [6.07, 6.45) is 7.82. The minimum atomic E-state index is 0.230. The first kappa shape index (κ1) is 9.12. The molecule has 0 bridgehead atoms. The van der Waals surface area contributed by atoms with Gasteiger partial charge in [0, 0.05) is 6.61 Å². The third kappa shape index (κ3) is 2.86. The maximum atomic E-state index is 5.82. The van der Waals surface area contributed by atoms with Crippen molar-refractivity contribution < 1.29 is 4.74 Å². The Balaban J connectivity index is 2.25. The summed E-state index contributed by atoms with van der Waals surface area (Å²) >= 11 is 0. The molecule has 0 atom stereocenters. The summed E-state index contributed by atoms with van der Waals surface area (Å²) in [5, 5.41) is 0. The van der Waals surface area contributed by atoms with Crippen LogP contribution < -0.4 is 0 Å². The molecule has 2 heteroatoms. The van der Waals surface area contributed by atoms with Crippen LogP contribution in [-0.4, -0.2) is 20.1 Å². The predicted molar refractivity (Wildman–Crippen MR) is 50.8 cm³/mol. The molecule has 11 heavy (non-hydrogen) atoms. The Labute approximate surface area is 70.9 Å². The second kappa shape index (κ2) is 4.15. The topological polar surface area (TPSA) is 9.23 Å². The summed E-state index contributed by atoms with van der Waals surface area (Å²) in [5.41, 5.74) is 0.230. The second-order valence-corrected chi connectivity index (χ2v) is 3.86. The largest absolute Gasteiger partial charge is 0.376 e. The molecule has 0 spiro atoms. The molecule has 0 heterocycles. The average molecular weight is 154 g/mol. The molecule has 64 valence electrons. The molecular weight excluding hydrogens is 135 g/mol. The quantitative estimate of drug-likeness (QED) is 0.563. The maximum Gasteiger partial charge on any atom is 0.104 e. The van der Waals surface area contributed by atoms with Gasteiger partial charge in [-0.25, -0.2) is 0 Å². The van der Waals surface area contributed by atoms with Crippen LogP contribution in [0.3, 0.4) is 0 Å². The molecule has 0 unspecified atom stereocenters. The smallest absolute Gasteiger partial charge is 0.104 e. The Kier molecular flexibility index (Phi) is 3.44. The number of ether oxygens (including phenoxy) is 1. The van der Waals surface area contributed by atoms with Crippen molar-refractivity contribution in [3.05, 3.63) is 0 Å². The molecule has 0 aromatic rings. The first-order valence-corrected chi connectivity index (χ1v) is 4.91. The summed E-state index contributed by atoms with van der Waals surface area (Å²) in [4.78, 5) is 0. The van der Waals surface area contributed by atoms with Crippen molar-refractivity contribution in [2.75, 3.05) is 6.61 Å². The van der Waals surface area contributed by atoms with Gasteiger partial charge in [-0.1, -0.05) is 25.6 Å². The van der Waals surface area contributed by atoms with Gasteiger partial charge in [-0.05, 0) is 19.8 Å². The van der Waals surface area contributed by atoms with Gasteiger partial charge in [0.15, 0.2) is 0 Å². The molecule has 0 N–H and O–H groups in total. The highest BCUT2D eigenvalue weighted by Crippen LogP contribution is 2.30. The van der Waals surface area contributed by atoms with E-state index < -0.39 is 0 Å². The van der Waals surface area contributed by atoms with Crippen molar-refractivity contribution >= 4 is 7.85 Å². The Morgan fingerprint density at radius 2 is 1.91 bits per heavy atom. The molecule has 1 aliphatic carbocycles. The summed E-state index contributed by atoms with van der Waals surface area (Å²) < 4.78 is 5.82. The highest BCUT2D eigenvalue weighted by atomic mass is 16.5. The zero-order chi connectivity index (χ0) is 8.16. The van der Waals surface area contributed by atoms with Gasteiger partial charge in [-0.2, -0.15) is 0 Å². The molecule has 1 nitrogen and oxygen atoms in total. The molecule has 0 aromatic heterocycles. The third-order valence-electron chi connectivity index (χ3n) is 2.57. The zero-order valence-corrected chi connectivity index (χ0v) is 7.86. The van der Waals surface area contributed by atoms with Crippen molar-refractivity contribution in [1.29, 1.82) is 0 Å². The van der Waals surface area contributed by atoms with E-state index in [1.54, 1.807) is 0 Å². The second-order valence-electron chi connectivity index (χ2n) is 3.86. The van der Waals surface area contributed by atoms with E-state index in [-0.39, 0.29) is 5.60 Å². The highest BCUT2D eigenvalue weighted by Gasteiger charge is 2.26. The first-order chi connectivity index (χ1) is 5.27. The van der Waals surface area contributed by atoms with Gasteiger partial charge in [0.2, 0.25) is 0 Å². The SMILES string of the molecule is BCCOC1(C)CCCCC1. The van der Waals surface area contributed by atoms with Gasteiger partial charge in [0.1, 0.15) is 7.85 Å². The highest BCUT2D eigenvalue weighted by molar-refractivity contribution is 6.08. The zero-order valence-electron chi connectivity index (χ0n) is 7.86. The average Bonchev–Trinajstić information content (AvgIpc) is 2.03. The Hall–Kier alpha value is 0.0249. The molecule has 1 rings (SSSR count). The van der Waals surface area contributed by atoms with Crippen LogP contribution in [0.15, 0.2) is 0 Å². The van der Waals surface area contributed by atoms with Gasteiger partial charge in [0.05, 0.1) is 5.60 Å². The van der Waals surface area contributed by atoms with Crippen LogP contribution >= 0.6 is 0 Å². The van der Waals surface area contributed by atoms with Crippen molar-refractivity contribution in [3.8, 4) is 0 Å². The van der Waals surface area contributed by atoms with Crippen molar-refractivity contribution in [3.63, 3.8) is 0 Å². The minimum Gasteiger partial charge on any atom is -0.376 e. The fourth-order valence-electron chi connectivity index (χ4n) is 1.79. The van der Waals surface area contributed by atoms with E-state index in [2.05, 4.69) is 14.8 Å². The van der Waals surface area contributed by atoms with Crippen molar-refractivity contribution in [2.24, 2.45) is 0 Å². The maximum absolute atomic E-state index is 5.82. The molecule has 1 saturated carbocycles. The summed E-state index contributed by atoms with van der Waals surface area (Å²) in [5.74, 6) is 0. The fraction of sp³-hybridized carbons (Fsp3) is 1.00. The third-order valence-corrected chi connectivity index (χ3v) is 2.57. The van der Waals surface area contributed by atoms with Crippen LogP contribution in [0.1, 0.15) is 39.0 Å². The standard InChI is InChI=1S/C9H19BO/c1-9(11-8-7-10)5-3-2-4-6-9/h2-8,10H2,1H3. The van der Waals surface area contributed by atoms with Crippen LogP contribution in [0.2, 0.25) is 6.32 Å². The number of hydrogen-bond donors (Lipinski definition) is 0. The van der Waals surface area contributed by atoms with Crippen molar-refractivity contribution in [2.45, 2.75) is 50.9 Å². The summed E-state index contributed by atoms with van der Waals surface area (Å²) in [6.45, 7) is 3.21. The molecule has 1 aliphatic rings. The van der Waals surface area contributed by atoms with Crippen LogP contribution in [0, 0.1) is 0 Å². The molecule has 0 amide bonds. The fourth-order valence-corrected chi connectivity index (χ4v) is 1.79. The van der Waals surface area contributed by atoms with Gasteiger partial charge in [0.25, 0.3) is 0 Å². The summed E-state index contributed by atoms with van der Waals surface area (Å²) in [6, 6.07) is 0. The van der Waals surface area contributed by atoms with E-state index in [4.69, 9.17) is 4.74 Å². The first-order valence-electron chi connectivity index (χ1n) is 4.91. The Morgan fingerprint density at radius 3 is 2.45 bits per heavy atom. The van der Waals surface area contributed by atoms with E-state index in [1.807, 2.05) is 0 Å². The number of rotatable bonds is 3. The minimum absolute atomic E-state index is 0.230. The van der Waals surface area contributed by atoms with E-state index >= 15 is 0 Å². The van der Waals surface area contributed by atoms with Gasteiger partial charge in [-0.3, -0.25) is 0 Å². The Morgan fingerprint density at radius 1 is 1.27 bits per heavy atom. The lowest BCUT2D eigenvalue weighted by Gasteiger charge is -2.33. The number of hydrogen-bond acceptors (Lipinski definition) is 1. The molecule has 1 fully saturated rings. The molecule has 0 aliphatic heterocycles. The predicted octanol–water partition coefficient (Wildman–Crippen LogP) is 1.78. The van der Waals surface area contributed by atoms with Gasteiger partial charge < -0.3 is 4.74 Å². The lowest BCUT2D eigenvalue weighted by Crippen LogP contribution is -2.31. The van der Waals surface area contributed by atoms with Crippen LogP contribution in [0.4, 0.5) is 0 Å². The normalized spacial score (nSPS) is 23.4. The van der Waals surface area contributed by atoms with Gasteiger partial charge >= 0.3 is 0 Å². The lowest BCUT2D eigenvalue weighted by atomic mass is 9.86. The van der Waals surface area contributed by atoms with Crippen LogP contribution in [0.5, 0.6) is 0 Å². The molecule has 0 aromatic carbocycles. The van der Waals surface area contributed by atoms with Gasteiger partial charge in [-0.15, -0.1) is 0 Å². The molecule has 0 radical (unpaired) electrons. The van der Waals surface area contributed by atoms with E-state index in [9.17, 15) is 0 Å².